The van der Waals surface area contributed by atoms with Crippen LogP contribution in [0.2, 0.25) is 5.02 Å². The third-order valence-corrected chi connectivity index (χ3v) is 8.19. The van der Waals surface area contributed by atoms with Crippen LogP contribution in [0.4, 0.5) is 18.9 Å². The molecule has 0 unspecified atom stereocenters. The molecule has 7 nitrogen and oxygen atoms in total. The second-order valence-electron chi connectivity index (χ2n) is 9.95. The SMILES string of the molecule is CC(C)NC(=O)[C@@H](Cc1ccccc1)N(Cc1ccc(Br)cc1)C(=O)CN(c1ccc(Cl)c(C(F)(F)F)c1)S(C)(=O)=O. The van der Waals surface area contributed by atoms with Crippen LogP contribution in [0.15, 0.2) is 77.3 Å². The van der Waals surface area contributed by atoms with Crippen LogP contribution in [0.25, 0.3) is 0 Å². The molecule has 226 valence electrons. The van der Waals surface area contributed by atoms with Gasteiger partial charge in [0.25, 0.3) is 0 Å². The Morgan fingerprint density at radius 3 is 2.14 bits per heavy atom. The summed E-state index contributed by atoms with van der Waals surface area (Å²) in [5.74, 6) is -1.25. The minimum absolute atomic E-state index is 0.0683. The first-order valence-corrected chi connectivity index (χ1v) is 15.8. The molecule has 0 saturated heterocycles. The van der Waals surface area contributed by atoms with Crippen molar-refractivity contribution < 1.29 is 31.2 Å². The molecule has 0 bridgehead atoms. The van der Waals surface area contributed by atoms with Gasteiger partial charge in [-0.2, -0.15) is 13.2 Å². The summed E-state index contributed by atoms with van der Waals surface area (Å²) < 4.78 is 67.8. The van der Waals surface area contributed by atoms with E-state index < -0.39 is 56.9 Å². The second-order valence-corrected chi connectivity index (χ2v) is 13.2. The Hall–Kier alpha value is -3.09. The first-order valence-electron chi connectivity index (χ1n) is 12.8. The normalized spacial score (nSPS) is 12.6. The quantitative estimate of drug-likeness (QED) is 0.266. The Morgan fingerprint density at radius 2 is 1.60 bits per heavy atom. The molecule has 42 heavy (non-hydrogen) atoms. The number of amides is 2. The average molecular weight is 689 g/mol. The second kappa shape index (κ2) is 13.9. The van der Waals surface area contributed by atoms with Gasteiger partial charge in [0, 0.05) is 23.5 Å². The van der Waals surface area contributed by atoms with Crippen LogP contribution in [0, 0.1) is 0 Å². The lowest BCUT2D eigenvalue weighted by atomic mass is 10.0. The molecule has 0 aromatic heterocycles. The van der Waals surface area contributed by atoms with E-state index in [2.05, 4.69) is 21.2 Å². The Balaban J connectivity index is 2.09. The number of hydrogen-bond acceptors (Lipinski definition) is 4. The molecule has 0 fully saturated rings. The third-order valence-electron chi connectivity index (χ3n) is 6.19. The summed E-state index contributed by atoms with van der Waals surface area (Å²) >= 11 is 9.10. The highest BCUT2D eigenvalue weighted by Gasteiger charge is 2.36. The predicted octanol–water partition coefficient (Wildman–Crippen LogP) is 6.05. The lowest BCUT2D eigenvalue weighted by molar-refractivity contribution is -0.140. The Labute approximate surface area is 256 Å². The summed E-state index contributed by atoms with van der Waals surface area (Å²) in [7, 11) is -4.26. The van der Waals surface area contributed by atoms with Crippen LogP contribution in [0.5, 0.6) is 0 Å². The molecule has 3 aromatic carbocycles. The van der Waals surface area contributed by atoms with Crippen molar-refractivity contribution in [1.82, 2.24) is 10.2 Å². The maximum absolute atomic E-state index is 14.0. The molecule has 3 aromatic rings. The molecule has 2 amide bonds. The Bertz CT molecular complexity index is 1500. The van der Waals surface area contributed by atoms with Crippen LogP contribution in [-0.4, -0.2) is 50.0 Å². The van der Waals surface area contributed by atoms with Gasteiger partial charge in [0.15, 0.2) is 0 Å². The van der Waals surface area contributed by atoms with Gasteiger partial charge in [-0.3, -0.25) is 13.9 Å². The maximum Gasteiger partial charge on any atom is 0.417 e. The molecular formula is C29H30BrClF3N3O4S. The van der Waals surface area contributed by atoms with Crippen molar-refractivity contribution >= 4 is 55.1 Å². The molecule has 1 N–H and O–H groups in total. The summed E-state index contributed by atoms with van der Waals surface area (Å²) in [5, 5.41) is 2.21. The van der Waals surface area contributed by atoms with E-state index in [1.165, 1.54) is 4.90 Å². The fourth-order valence-electron chi connectivity index (χ4n) is 4.22. The number of anilines is 1. The van der Waals surface area contributed by atoms with Crippen molar-refractivity contribution in [2.45, 2.75) is 45.1 Å². The highest BCUT2D eigenvalue weighted by Crippen LogP contribution is 2.37. The number of hydrogen-bond donors (Lipinski definition) is 1. The number of halogens is 5. The van der Waals surface area contributed by atoms with Gasteiger partial charge < -0.3 is 10.2 Å². The van der Waals surface area contributed by atoms with Gasteiger partial charge in [0.1, 0.15) is 12.6 Å². The standard InChI is InChI=1S/C29H30BrClF3N3O4S/c1-19(2)35-28(39)26(15-20-7-5-4-6-8-20)36(17-21-9-11-22(30)12-10-21)27(38)18-37(42(3,40)41)23-13-14-25(31)24(16-23)29(32,33)34/h4-14,16,19,26H,15,17-18H2,1-3H3,(H,35,39)/t26-/m1/s1. The maximum atomic E-state index is 14.0. The lowest BCUT2D eigenvalue weighted by Crippen LogP contribution is -2.54. The monoisotopic (exact) mass is 687 g/mol. The number of carbonyl (C=O) groups excluding carboxylic acids is 2. The minimum atomic E-state index is -4.86. The molecule has 3 rings (SSSR count). The summed E-state index contributed by atoms with van der Waals surface area (Å²) in [6, 6.07) is 17.3. The first-order chi connectivity index (χ1) is 19.6. The molecule has 0 radical (unpaired) electrons. The van der Waals surface area contributed by atoms with Crippen molar-refractivity contribution in [2.75, 3.05) is 17.1 Å². The van der Waals surface area contributed by atoms with Crippen molar-refractivity contribution in [2.24, 2.45) is 0 Å². The van der Waals surface area contributed by atoms with Gasteiger partial charge in [-0.1, -0.05) is 70.0 Å². The van der Waals surface area contributed by atoms with E-state index in [1.54, 1.807) is 62.4 Å². The van der Waals surface area contributed by atoms with Crippen molar-refractivity contribution in [3.8, 4) is 0 Å². The molecule has 1 atom stereocenters. The van der Waals surface area contributed by atoms with E-state index >= 15 is 0 Å². The molecule has 0 aliphatic carbocycles. The highest BCUT2D eigenvalue weighted by molar-refractivity contribution is 9.10. The summed E-state index contributed by atoms with van der Waals surface area (Å²) in [6.07, 6.45) is -3.96. The molecule has 0 spiro atoms. The molecular weight excluding hydrogens is 659 g/mol. The van der Waals surface area contributed by atoms with Crippen LogP contribution in [0.3, 0.4) is 0 Å². The first kappa shape index (κ1) is 33.4. The molecule has 0 aliphatic rings. The molecule has 0 saturated carbocycles. The Morgan fingerprint density at radius 1 is 0.976 bits per heavy atom. The van der Waals surface area contributed by atoms with Gasteiger partial charge in [-0.25, -0.2) is 8.42 Å². The largest absolute Gasteiger partial charge is 0.417 e. The number of carbonyl (C=O) groups is 2. The molecule has 13 heteroatoms. The highest BCUT2D eigenvalue weighted by atomic mass is 79.9. The minimum Gasteiger partial charge on any atom is -0.352 e. The smallest absolute Gasteiger partial charge is 0.352 e. The average Bonchev–Trinajstić information content (AvgIpc) is 2.89. The van der Waals surface area contributed by atoms with Crippen LogP contribution >= 0.6 is 27.5 Å². The Kier molecular flexibility index (Phi) is 11.1. The zero-order chi connectivity index (χ0) is 31.2. The van der Waals surface area contributed by atoms with E-state index in [9.17, 15) is 31.2 Å². The molecule has 0 aliphatic heterocycles. The van der Waals surface area contributed by atoms with Crippen LogP contribution < -0.4 is 9.62 Å². The van der Waals surface area contributed by atoms with E-state index in [0.29, 0.717) is 15.9 Å². The lowest BCUT2D eigenvalue weighted by Gasteiger charge is -2.34. The third kappa shape index (κ3) is 9.20. The van der Waals surface area contributed by atoms with Crippen molar-refractivity contribution in [3.63, 3.8) is 0 Å². The summed E-state index contributed by atoms with van der Waals surface area (Å²) in [5.41, 5.74) is -0.230. The summed E-state index contributed by atoms with van der Waals surface area (Å²) in [4.78, 5) is 28.8. The number of nitrogens with one attached hydrogen (secondary N) is 1. The summed E-state index contributed by atoms with van der Waals surface area (Å²) in [6.45, 7) is 2.61. The van der Waals surface area contributed by atoms with Gasteiger partial charge in [0.05, 0.1) is 22.5 Å². The zero-order valence-electron chi connectivity index (χ0n) is 23.0. The van der Waals surface area contributed by atoms with Gasteiger partial charge in [-0.15, -0.1) is 0 Å². The van der Waals surface area contributed by atoms with Crippen molar-refractivity contribution in [1.29, 1.82) is 0 Å². The fraction of sp³-hybridized carbons (Fsp3) is 0.310. The topological polar surface area (TPSA) is 86.8 Å². The number of alkyl halides is 3. The van der Waals surface area contributed by atoms with Crippen molar-refractivity contribution in [3.05, 3.63) is 99.0 Å². The number of rotatable bonds is 11. The van der Waals surface area contributed by atoms with E-state index in [1.807, 2.05) is 6.07 Å². The van der Waals surface area contributed by atoms with Crippen LogP contribution in [-0.2, 0) is 38.8 Å². The van der Waals surface area contributed by atoms with E-state index in [0.717, 1.165) is 28.4 Å². The van der Waals surface area contributed by atoms with Gasteiger partial charge in [0.2, 0.25) is 21.8 Å². The predicted molar refractivity (Wildman–Crippen MR) is 161 cm³/mol. The van der Waals surface area contributed by atoms with Gasteiger partial charge >= 0.3 is 6.18 Å². The number of sulfonamides is 1. The van der Waals surface area contributed by atoms with E-state index in [-0.39, 0.29) is 19.0 Å². The van der Waals surface area contributed by atoms with Crippen LogP contribution in [0.1, 0.15) is 30.5 Å². The number of benzene rings is 3. The fourth-order valence-corrected chi connectivity index (χ4v) is 5.55. The number of nitrogens with zero attached hydrogens (tertiary/aromatic N) is 2. The van der Waals surface area contributed by atoms with Gasteiger partial charge in [-0.05, 0) is 55.3 Å². The molecule has 0 heterocycles. The zero-order valence-corrected chi connectivity index (χ0v) is 26.2. The van der Waals surface area contributed by atoms with E-state index in [4.69, 9.17) is 11.6 Å².